The fourth-order valence-corrected chi connectivity index (χ4v) is 6.32. The molecule has 0 aliphatic heterocycles. The number of thioether (sulfide) groups is 1. The number of hydrogen-bond donors (Lipinski definition) is 0. The van der Waals surface area contributed by atoms with Crippen molar-refractivity contribution >= 4 is 39.2 Å². The number of carbonyl (C=O) groups is 1. The summed E-state index contributed by atoms with van der Waals surface area (Å²) in [5.41, 5.74) is 3.18. The van der Waals surface area contributed by atoms with Crippen molar-refractivity contribution in [3.05, 3.63) is 56.2 Å². The third kappa shape index (κ3) is 4.58. The molecule has 31 heavy (non-hydrogen) atoms. The van der Waals surface area contributed by atoms with Gasteiger partial charge in [0.1, 0.15) is 4.83 Å². The van der Waals surface area contributed by atoms with Crippen LogP contribution in [-0.4, -0.2) is 34.5 Å². The lowest BCUT2D eigenvalue weighted by molar-refractivity contribution is 0.0827. The lowest BCUT2D eigenvalue weighted by atomic mass is 10.1. The van der Waals surface area contributed by atoms with Crippen LogP contribution < -0.4 is 5.56 Å². The van der Waals surface area contributed by atoms with Crippen LogP contribution in [0.25, 0.3) is 10.2 Å². The molecule has 3 aromatic rings. The lowest BCUT2D eigenvalue weighted by Crippen LogP contribution is -2.23. The summed E-state index contributed by atoms with van der Waals surface area (Å²) in [6, 6.07) is 7.71. The summed E-state index contributed by atoms with van der Waals surface area (Å²) in [7, 11) is 3.51. The molecule has 1 aromatic carbocycles. The molecule has 0 radical (unpaired) electrons. The van der Waals surface area contributed by atoms with Gasteiger partial charge in [0, 0.05) is 36.8 Å². The number of fused-ring (bicyclic) bond motifs is 3. The van der Waals surface area contributed by atoms with Crippen molar-refractivity contribution in [1.29, 1.82) is 0 Å². The SMILES string of the molecule is CCCCCn1c(SCc2ccc(C(=O)N(C)C)cc2)nc2sc3c(c2c1=O)CCC3. The van der Waals surface area contributed by atoms with E-state index in [1.54, 1.807) is 42.1 Å². The molecule has 0 N–H and O–H groups in total. The predicted molar refractivity (Wildman–Crippen MR) is 129 cm³/mol. The fraction of sp³-hybridized carbons (Fsp3) is 0.458. The van der Waals surface area contributed by atoms with E-state index in [0.717, 1.165) is 66.0 Å². The summed E-state index contributed by atoms with van der Waals surface area (Å²) in [6.07, 6.45) is 6.45. The average molecular weight is 456 g/mol. The van der Waals surface area contributed by atoms with Crippen LogP contribution in [0.15, 0.2) is 34.2 Å². The normalized spacial score (nSPS) is 13.0. The lowest BCUT2D eigenvalue weighted by Gasteiger charge is -2.13. The summed E-state index contributed by atoms with van der Waals surface area (Å²) in [5.74, 6) is 0.717. The van der Waals surface area contributed by atoms with Crippen molar-refractivity contribution in [2.75, 3.05) is 14.1 Å². The number of aryl methyl sites for hydroxylation is 2. The third-order valence-corrected chi connectivity index (χ3v) is 7.98. The van der Waals surface area contributed by atoms with Crippen LogP contribution in [0.1, 0.15) is 59.0 Å². The Labute approximate surface area is 191 Å². The van der Waals surface area contributed by atoms with E-state index in [9.17, 15) is 9.59 Å². The Kier molecular flexibility index (Phi) is 6.82. The van der Waals surface area contributed by atoms with Crippen molar-refractivity contribution in [1.82, 2.24) is 14.5 Å². The van der Waals surface area contributed by atoms with Crippen LogP contribution in [0.3, 0.4) is 0 Å². The first-order valence-corrected chi connectivity index (χ1v) is 12.8. The minimum Gasteiger partial charge on any atom is -0.345 e. The van der Waals surface area contributed by atoms with Gasteiger partial charge in [0.2, 0.25) is 0 Å². The number of thiophene rings is 1. The summed E-state index contributed by atoms with van der Waals surface area (Å²) in [4.78, 5) is 34.3. The Bertz CT molecular complexity index is 1150. The molecule has 1 amide bonds. The van der Waals surface area contributed by atoms with Crippen LogP contribution in [0.4, 0.5) is 0 Å². The van der Waals surface area contributed by atoms with E-state index in [1.165, 1.54) is 10.4 Å². The van der Waals surface area contributed by atoms with Gasteiger partial charge in [-0.1, -0.05) is 43.7 Å². The van der Waals surface area contributed by atoms with Gasteiger partial charge in [0.05, 0.1) is 5.39 Å². The minimum atomic E-state index is 0.00169. The quantitative estimate of drug-likeness (QED) is 0.268. The van der Waals surface area contributed by atoms with Crippen molar-refractivity contribution in [3.63, 3.8) is 0 Å². The van der Waals surface area contributed by atoms with E-state index in [1.807, 2.05) is 28.8 Å². The largest absolute Gasteiger partial charge is 0.345 e. The van der Waals surface area contributed by atoms with Gasteiger partial charge in [-0.05, 0) is 48.9 Å². The van der Waals surface area contributed by atoms with Crippen LogP contribution in [0.2, 0.25) is 0 Å². The first kappa shape index (κ1) is 22.1. The number of amides is 1. The molecule has 0 saturated heterocycles. The van der Waals surface area contributed by atoms with E-state index >= 15 is 0 Å². The van der Waals surface area contributed by atoms with E-state index in [0.29, 0.717) is 11.3 Å². The molecule has 0 saturated carbocycles. The molecule has 0 fully saturated rings. The predicted octanol–water partition coefficient (Wildman–Crippen LogP) is 5.13. The van der Waals surface area contributed by atoms with Gasteiger partial charge in [0.25, 0.3) is 11.5 Å². The number of rotatable bonds is 8. The highest BCUT2D eigenvalue weighted by molar-refractivity contribution is 7.98. The van der Waals surface area contributed by atoms with Gasteiger partial charge in [-0.3, -0.25) is 14.2 Å². The number of unbranched alkanes of at least 4 members (excludes halogenated alkanes) is 2. The van der Waals surface area contributed by atoms with Crippen LogP contribution >= 0.6 is 23.1 Å². The molecule has 0 spiro atoms. The Morgan fingerprint density at radius 1 is 1.19 bits per heavy atom. The highest BCUT2D eigenvalue weighted by atomic mass is 32.2. The first-order chi connectivity index (χ1) is 15.0. The molecular weight excluding hydrogens is 426 g/mol. The zero-order valence-corrected chi connectivity index (χ0v) is 20.1. The molecular formula is C24H29N3O2S2. The van der Waals surface area contributed by atoms with Crippen molar-refractivity contribution in [2.45, 2.75) is 62.9 Å². The highest BCUT2D eigenvalue weighted by Gasteiger charge is 2.23. The van der Waals surface area contributed by atoms with Crippen molar-refractivity contribution in [3.8, 4) is 0 Å². The Hall–Kier alpha value is -2.12. The van der Waals surface area contributed by atoms with E-state index in [2.05, 4.69) is 6.92 Å². The fourth-order valence-electron chi connectivity index (χ4n) is 4.04. The van der Waals surface area contributed by atoms with Crippen molar-refractivity contribution < 1.29 is 4.79 Å². The van der Waals surface area contributed by atoms with Gasteiger partial charge < -0.3 is 4.90 Å². The smallest absolute Gasteiger partial charge is 0.263 e. The van der Waals surface area contributed by atoms with Gasteiger partial charge in [-0.15, -0.1) is 11.3 Å². The summed E-state index contributed by atoms with van der Waals surface area (Å²) < 4.78 is 1.90. The maximum Gasteiger partial charge on any atom is 0.263 e. The van der Waals surface area contributed by atoms with Gasteiger partial charge in [-0.25, -0.2) is 4.98 Å². The molecule has 1 aliphatic rings. The van der Waals surface area contributed by atoms with Crippen LogP contribution in [0, 0.1) is 0 Å². The maximum absolute atomic E-state index is 13.4. The molecule has 1 aliphatic carbocycles. The second-order valence-corrected chi connectivity index (χ2v) is 10.3. The number of nitrogens with zero attached hydrogens (tertiary/aromatic N) is 3. The molecule has 5 nitrogen and oxygen atoms in total. The summed E-state index contributed by atoms with van der Waals surface area (Å²) in [6.45, 7) is 2.90. The van der Waals surface area contributed by atoms with E-state index in [-0.39, 0.29) is 11.5 Å². The van der Waals surface area contributed by atoms with E-state index in [4.69, 9.17) is 4.98 Å². The Morgan fingerprint density at radius 3 is 2.68 bits per heavy atom. The van der Waals surface area contributed by atoms with Gasteiger partial charge in [-0.2, -0.15) is 0 Å². The molecule has 164 valence electrons. The number of aromatic nitrogens is 2. The molecule has 0 atom stereocenters. The monoisotopic (exact) mass is 455 g/mol. The third-order valence-electron chi connectivity index (χ3n) is 5.75. The second kappa shape index (κ2) is 9.57. The zero-order chi connectivity index (χ0) is 22.0. The van der Waals surface area contributed by atoms with E-state index < -0.39 is 0 Å². The number of benzene rings is 1. The topological polar surface area (TPSA) is 55.2 Å². The second-order valence-electron chi connectivity index (χ2n) is 8.28. The number of hydrogen-bond acceptors (Lipinski definition) is 5. The molecule has 0 unspecified atom stereocenters. The van der Waals surface area contributed by atoms with Gasteiger partial charge in [0.15, 0.2) is 5.16 Å². The average Bonchev–Trinajstić information content (AvgIpc) is 3.34. The Balaban J connectivity index is 1.61. The van der Waals surface area contributed by atoms with Gasteiger partial charge >= 0.3 is 0 Å². The Morgan fingerprint density at radius 2 is 1.97 bits per heavy atom. The van der Waals surface area contributed by atoms with Crippen LogP contribution in [0.5, 0.6) is 0 Å². The highest BCUT2D eigenvalue weighted by Crippen LogP contribution is 2.36. The molecule has 4 rings (SSSR count). The zero-order valence-electron chi connectivity index (χ0n) is 18.4. The maximum atomic E-state index is 13.4. The molecule has 7 heteroatoms. The summed E-state index contributed by atoms with van der Waals surface area (Å²) >= 11 is 3.31. The first-order valence-electron chi connectivity index (χ1n) is 11.0. The molecule has 2 aromatic heterocycles. The standard InChI is InChI=1S/C24H29N3O2S2/c1-4-5-6-14-27-23(29)20-18-8-7-9-19(18)31-21(20)25-24(27)30-15-16-10-12-17(13-11-16)22(28)26(2)3/h10-13H,4-9,14-15H2,1-3H3. The van der Waals surface area contributed by atoms with Crippen LogP contribution in [-0.2, 0) is 25.1 Å². The summed E-state index contributed by atoms with van der Waals surface area (Å²) in [5, 5.41) is 1.67. The van der Waals surface area contributed by atoms with Crippen molar-refractivity contribution in [2.24, 2.45) is 0 Å². The number of carbonyl (C=O) groups excluding carboxylic acids is 1. The minimum absolute atomic E-state index is 0.00169. The molecule has 2 heterocycles. The molecule has 0 bridgehead atoms.